The lowest BCUT2D eigenvalue weighted by Gasteiger charge is -2.36. The van der Waals surface area contributed by atoms with E-state index in [2.05, 4.69) is 20.2 Å². The van der Waals surface area contributed by atoms with Gasteiger partial charge in [-0.25, -0.2) is 19.4 Å². The van der Waals surface area contributed by atoms with E-state index in [1.165, 1.54) is 12.8 Å². The minimum Gasteiger partial charge on any atom is -0.375 e. The Morgan fingerprint density at radius 3 is 2.47 bits per heavy atom. The van der Waals surface area contributed by atoms with Gasteiger partial charge in [0.05, 0.1) is 35.4 Å². The predicted molar refractivity (Wildman–Crippen MR) is 144 cm³/mol. The average molecular weight is 518 g/mol. The van der Waals surface area contributed by atoms with Gasteiger partial charge in [-0.3, -0.25) is 0 Å². The Bertz CT molecular complexity index is 1310. The molecule has 7 rings (SSSR count). The molecule has 1 saturated carbocycles. The highest BCUT2D eigenvalue weighted by Crippen LogP contribution is 2.44. The first-order chi connectivity index (χ1) is 18.6. The highest BCUT2D eigenvalue weighted by atomic mass is 16.5. The molecule has 10 nitrogen and oxygen atoms in total. The first kappa shape index (κ1) is 23.8. The van der Waals surface area contributed by atoms with Crippen LogP contribution in [0.4, 0.5) is 16.3 Å². The summed E-state index contributed by atoms with van der Waals surface area (Å²) in [5.41, 5.74) is 2.60. The van der Waals surface area contributed by atoms with Crippen LogP contribution in [-0.2, 0) is 9.47 Å². The standard InChI is InChI=1S/C28H35N7O3/c1-29-27(36)31-19-5-3-18(4-6-19)24-32-25(34-16-21-7-8-22(17-34)38-21)23-15-30-35(26(23)33-24)20-9-12-28(13-10-20)11-2-14-37-28/h3-6,15,20-22H,2,7-14,16-17H2,1H3,(H2,29,31,36)/t20-,21?,22?,28-. The van der Waals surface area contributed by atoms with E-state index in [1.807, 2.05) is 30.5 Å². The quantitative estimate of drug-likeness (QED) is 0.532. The van der Waals surface area contributed by atoms with Gasteiger partial charge in [-0.1, -0.05) is 0 Å². The van der Waals surface area contributed by atoms with E-state index in [4.69, 9.17) is 24.5 Å². The lowest BCUT2D eigenvalue weighted by atomic mass is 9.80. The number of benzene rings is 1. The maximum absolute atomic E-state index is 11.7. The first-order valence-corrected chi connectivity index (χ1v) is 14.0. The topological polar surface area (TPSA) is 106 Å². The summed E-state index contributed by atoms with van der Waals surface area (Å²) in [6.45, 7) is 2.57. The Labute approximate surface area is 222 Å². The fourth-order valence-electron chi connectivity index (χ4n) is 6.75. The number of morpholine rings is 1. The van der Waals surface area contributed by atoms with E-state index >= 15 is 0 Å². The number of carbonyl (C=O) groups is 1. The molecule has 10 heteroatoms. The van der Waals surface area contributed by atoms with Crippen LogP contribution in [0, 0.1) is 0 Å². The van der Waals surface area contributed by atoms with Crippen molar-refractivity contribution < 1.29 is 14.3 Å². The molecule has 1 spiro atoms. The number of hydrogen-bond donors (Lipinski definition) is 2. The van der Waals surface area contributed by atoms with Crippen molar-refractivity contribution in [3.05, 3.63) is 30.5 Å². The molecule has 2 aromatic heterocycles. The summed E-state index contributed by atoms with van der Waals surface area (Å²) < 4.78 is 14.4. The van der Waals surface area contributed by atoms with Gasteiger partial charge in [0.1, 0.15) is 5.82 Å². The molecular weight excluding hydrogens is 482 g/mol. The molecule has 2 amide bonds. The summed E-state index contributed by atoms with van der Waals surface area (Å²) in [6.07, 6.45) is 11.3. The Kier molecular flexibility index (Phi) is 5.96. The van der Waals surface area contributed by atoms with Crippen molar-refractivity contribution in [3.8, 4) is 11.4 Å². The number of rotatable bonds is 4. The highest BCUT2D eigenvalue weighted by Gasteiger charge is 2.40. The van der Waals surface area contributed by atoms with Gasteiger partial charge in [-0.05, 0) is 75.6 Å². The molecule has 4 aliphatic rings. The molecule has 2 bridgehead atoms. The zero-order valence-corrected chi connectivity index (χ0v) is 21.9. The minimum atomic E-state index is -0.249. The molecule has 3 aromatic rings. The zero-order chi connectivity index (χ0) is 25.7. The molecule has 4 fully saturated rings. The molecule has 3 saturated heterocycles. The summed E-state index contributed by atoms with van der Waals surface area (Å²) >= 11 is 0. The molecule has 3 aliphatic heterocycles. The molecule has 5 heterocycles. The highest BCUT2D eigenvalue weighted by molar-refractivity contribution is 5.90. The van der Waals surface area contributed by atoms with Gasteiger partial charge < -0.3 is 25.0 Å². The van der Waals surface area contributed by atoms with Crippen molar-refractivity contribution in [2.45, 2.75) is 75.2 Å². The minimum absolute atomic E-state index is 0.0856. The largest absolute Gasteiger partial charge is 0.375 e. The second-order valence-corrected chi connectivity index (χ2v) is 11.2. The number of urea groups is 1. The molecule has 2 N–H and O–H groups in total. The Hall–Kier alpha value is -3.24. The third kappa shape index (κ3) is 4.29. The van der Waals surface area contributed by atoms with Crippen LogP contribution in [0.25, 0.3) is 22.4 Å². The van der Waals surface area contributed by atoms with Gasteiger partial charge in [0.2, 0.25) is 0 Å². The summed E-state index contributed by atoms with van der Waals surface area (Å²) in [7, 11) is 1.60. The van der Waals surface area contributed by atoms with Crippen LogP contribution < -0.4 is 15.5 Å². The third-order valence-corrected chi connectivity index (χ3v) is 8.80. The number of hydrogen-bond acceptors (Lipinski definition) is 7. The molecule has 1 aliphatic carbocycles. The maximum atomic E-state index is 11.7. The van der Waals surface area contributed by atoms with E-state index < -0.39 is 0 Å². The van der Waals surface area contributed by atoms with E-state index in [0.29, 0.717) is 11.9 Å². The lowest BCUT2D eigenvalue weighted by molar-refractivity contribution is -0.0337. The number of ether oxygens (including phenoxy) is 2. The fourth-order valence-corrected chi connectivity index (χ4v) is 6.75. The molecule has 1 aromatic carbocycles. The monoisotopic (exact) mass is 517 g/mol. The second-order valence-electron chi connectivity index (χ2n) is 11.2. The van der Waals surface area contributed by atoms with Crippen molar-refractivity contribution in [2.75, 3.05) is 37.0 Å². The lowest BCUT2D eigenvalue weighted by Crippen LogP contribution is -2.43. The number of nitrogens with zero attached hydrogens (tertiary/aromatic N) is 5. The molecule has 200 valence electrons. The normalized spacial score (nSPS) is 28.8. The smallest absolute Gasteiger partial charge is 0.318 e. The van der Waals surface area contributed by atoms with Crippen LogP contribution in [0.2, 0.25) is 0 Å². The predicted octanol–water partition coefficient (Wildman–Crippen LogP) is 4.28. The SMILES string of the molecule is CNC(=O)Nc1ccc(-c2nc(N3CC4CCC(C3)O4)c3cnn([C@H]4CC[C@@]5(CCCO5)CC4)c3n2)cc1. The van der Waals surface area contributed by atoms with Crippen molar-refractivity contribution >= 4 is 28.6 Å². The summed E-state index contributed by atoms with van der Waals surface area (Å²) in [6, 6.07) is 7.74. The Morgan fingerprint density at radius 1 is 1.03 bits per heavy atom. The van der Waals surface area contributed by atoms with E-state index in [9.17, 15) is 4.79 Å². The van der Waals surface area contributed by atoms with Crippen LogP contribution in [0.1, 0.15) is 57.4 Å². The van der Waals surface area contributed by atoms with Gasteiger partial charge in [0, 0.05) is 38.0 Å². The van der Waals surface area contributed by atoms with Gasteiger partial charge in [0.25, 0.3) is 0 Å². The van der Waals surface area contributed by atoms with Crippen LogP contribution in [0.15, 0.2) is 30.5 Å². The van der Waals surface area contributed by atoms with Gasteiger partial charge in [-0.2, -0.15) is 5.10 Å². The summed E-state index contributed by atoms with van der Waals surface area (Å²) in [4.78, 5) is 24.3. The molecule has 38 heavy (non-hydrogen) atoms. The maximum Gasteiger partial charge on any atom is 0.318 e. The van der Waals surface area contributed by atoms with Crippen LogP contribution in [0.3, 0.4) is 0 Å². The Morgan fingerprint density at radius 2 is 1.79 bits per heavy atom. The number of aromatic nitrogens is 4. The van der Waals surface area contributed by atoms with Crippen LogP contribution >= 0.6 is 0 Å². The van der Waals surface area contributed by atoms with Crippen LogP contribution in [-0.4, -0.2) is 70.3 Å². The van der Waals surface area contributed by atoms with Crippen molar-refractivity contribution in [1.29, 1.82) is 0 Å². The molecule has 0 radical (unpaired) electrons. The van der Waals surface area contributed by atoms with Crippen molar-refractivity contribution in [2.24, 2.45) is 0 Å². The molecule has 2 unspecified atom stereocenters. The van der Waals surface area contributed by atoms with Crippen LogP contribution in [0.5, 0.6) is 0 Å². The van der Waals surface area contributed by atoms with Gasteiger partial charge in [0.15, 0.2) is 11.5 Å². The number of anilines is 2. The first-order valence-electron chi connectivity index (χ1n) is 14.0. The van der Waals surface area contributed by atoms with Gasteiger partial charge in [-0.15, -0.1) is 0 Å². The van der Waals surface area contributed by atoms with Crippen molar-refractivity contribution in [1.82, 2.24) is 25.1 Å². The molecule has 2 atom stereocenters. The van der Waals surface area contributed by atoms with E-state index in [0.717, 1.165) is 86.3 Å². The molecular formula is C28H35N7O3. The zero-order valence-electron chi connectivity index (χ0n) is 21.9. The number of amides is 2. The van der Waals surface area contributed by atoms with E-state index in [1.54, 1.807) is 7.05 Å². The average Bonchev–Trinajstić information content (AvgIpc) is 3.68. The number of fused-ring (bicyclic) bond motifs is 3. The summed E-state index contributed by atoms with van der Waals surface area (Å²) in [5, 5.41) is 11.3. The number of carbonyl (C=O) groups excluding carboxylic acids is 1. The third-order valence-electron chi connectivity index (χ3n) is 8.80. The number of nitrogens with one attached hydrogen (secondary N) is 2. The fraction of sp³-hybridized carbons (Fsp3) is 0.571. The Balaban J connectivity index is 1.25. The van der Waals surface area contributed by atoms with Crippen molar-refractivity contribution in [3.63, 3.8) is 0 Å². The second kappa shape index (κ2) is 9.50. The van der Waals surface area contributed by atoms with Gasteiger partial charge >= 0.3 is 6.03 Å². The van der Waals surface area contributed by atoms with E-state index in [-0.39, 0.29) is 23.8 Å². The summed E-state index contributed by atoms with van der Waals surface area (Å²) in [5.74, 6) is 1.61.